The van der Waals surface area contributed by atoms with Gasteiger partial charge in [0.25, 0.3) is 11.8 Å². The molecule has 0 unspecified atom stereocenters. The van der Waals surface area contributed by atoms with Gasteiger partial charge in [0.05, 0.1) is 12.8 Å². The van der Waals surface area contributed by atoms with Crippen molar-refractivity contribution >= 4 is 23.8 Å². The van der Waals surface area contributed by atoms with Crippen molar-refractivity contribution in [2.75, 3.05) is 13.1 Å². The van der Waals surface area contributed by atoms with Crippen molar-refractivity contribution in [2.24, 2.45) is 0 Å². The van der Waals surface area contributed by atoms with Gasteiger partial charge in [0.15, 0.2) is 0 Å². The molecule has 8 heteroatoms. The summed E-state index contributed by atoms with van der Waals surface area (Å²) < 4.78 is 0. The number of benzene rings is 1. The topological polar surface area (TPSA) is 133 Å². The van der Waals surface area contributed by atoms with Gasteiger partial charge in [-0.2, -0.15) is 0 Å². The average Bonchev–Trinajstić information content (AvgIpc) is 2.46. The summed E-state index contributed by atoms with van der Waals surface area (Å²) in [5, 5.41) is 21.8. The van der Waals surface area contributed by atoms with Crippen LogP contribution < -0.4 is 10.6 Å². The molecule has 1 aromatic rings. The van der Waals surface area contributed by atoms with Gasteiger partial charge in [-0.05, 0) is 24.3 Å². The fourth-order valence-corrected chi connectivity index (χ4v) is 1.54. The first-order chi connectivity index (χ1) is 10.4. The predicted octanol–water partition coefficient (Wildman–Crippen LogP) is 0.0956. The van der Waals surface area contributed by atoms with Crippen LogP contribution in [0.3, 0.4) is 0 Å². The average molecular weight is 308 g/mol. The van der Waals surface area contributed by atoms with E-state index in [4.69, 9.17) is 10.2 Å². The van der Waals surface area contributed by atoms with Crippen LogP contribution in [0.5, 0.6) is 0 Å². The number of amides is 2. The fraction of sp³-hybridized carbons (Fsp3) is 0.286. The maximum atomic E-state index is 11.7. The van der Waals surface area contributed by atoms with E-state index in [1.807, 2.05) is 0 Å². The third-order valence-electron chi connectivity index (χ3n) is 2.66. The Balaban J connectivity index is 2.51. The second kappa shape index (κ2) is 8.40. The third kappa shape index (κ3) is 6.04. The van der Waals surface area contributed by atoms with Crippen molar-refractivity contribution < 1.29 is 29.4 Å². The number of rotatable bonds is 8. The molecule has 0 aromatic heterocycles. The summed E-state index contributed by atoms with van der Waals surface area (Å²) in [6.07, 6.45) is -0.342. The van der Waals surface area contributed by atoms with Gasteiger partial charge in [-0.1, -0.05) is 0 Å². The number of hydrogen-bond donors (Lipinski definition) is 4. The van der Waals surface area contributed by atoms with Crippen LogP contribution in [0.4, 0.5) is 0 Å². The Morgan fingerprint density at radius 1 is 0.727 bits per heavy atom. The van der Waals surface area contributed by atoms with Crippen molar-refractivity contribution in [2.45, 2.75) is 12.8 Å². The van der Waals surface area contributed by atoms with Gasteiger partial charge in [-0.15, -0.1) is 0 Å². The molecule has 0 heterocycles. The minimum atomic E-state index is -1.01. The molecular weight excluding hydrogens is 292 g/mol. The van der Waals surface area contributed by atoms with Gasteiger partial charge < -0.3 is 20.8 Å². The maximum absolute atomic E-state index is 11.7. The van der Waals surface area contributed by atoms with E-state index < -0.39 is 23.8 Å². The van der Waals surface area contributed by atoms with Crippen LogP contribution >= 0.6 is 0 Å². The zero-order valence-electron chi connectivity index (χ0n) is 11.7. The smallest absolute Gasteiger partial charge is 0.305 e. The maximum Gasteiger partial charge on any atom is 0.305 e. The summed E-state index contributed by atoms with van der Waals surface area (Å²) in [7, 11) is 0. The summed E-state index contributed by atoms with van der Waals surface area (Å²) >= 11 is 0. The molecular formula is C14H16N2O6. The first kappa shape index (κ1) is 17.2. The van der Waals surface area contributed by atoms with Gasteiger partial charge in [0, 0.05) is 24.2 Å². The highest BCUT2D eigenvalue weighted by Crippen LogP contribution is 2.04. The Labute approximate surface area is 126 Å². The van der Waals surface area contributed by atoms with Crippen molar-refractivity contribution in [3.63, 3.8) is 0 Å². The third-order valence-corrected chi connectivity index (χ3v) is 2.66. The molecule has 1 aromatic carbocycles. The van der Waals surface area contributed by atoms with Crippen LogP contribution in [0.1, 0.15) is 33.6 Å². The summed E-state index contributed by atoms with van der Waals surface area (Å²) in [5.74, 6) is -2.87. The molecule has 0 aliphatic carbocycles. The van der Waals surface area contributed by atoms with Crippen molar-refractivity contribution in [1.82, 2.24) is 10.6 Å². The summed E-state index contributed by atoms with van der Waals surface area (Å²) in [4.78, 5) is 44.0. The number of carboxylic acid groups (broad SMARTS) is 2. The molecule has 118 valence electrons. The predicted molar refractivity (Wildman–Crippen MR) is 75.6 cm³/mol. The van der Waals surface area contributed by atoms with Crippen LogP contribution in [0, 0.1) is 0 Å². The monoisotopic (exact) mass is 308 g/mol. The molecule has 0 saturated heterocycles. The zero-order chi connectivity index (χ0) is 16.5. The van der Waals surface area contributed by atoms with Gasteiger partial charge >= 0.3 is 11.9 Å². The highest BCUT2D eigenvalue weighted by Gasteiger charge is 2.09. The molecule has 1 rings (SSSR count). The van der Waals surface area contributed by atoms with Crippen LogP contribution in [0.15, 0.2) is 24.3 Å². The van der Waals surface area contributed by atoms with Gasteiger partial charge in [-0.3, -0.25) is 19.2 Å². The number of nitrogens with one attached hydrogen (secondary N) is 2. The summed E-state index contributed by atoms with van der Waals surface area (Å²) in [6, 6.07) is 5.73. The first-order valence-electron chi connectivity index (χ1n) is 6.50. The van der Waals surface area contributed by atoms with E-state index in [9.17, 15) is 19.2 Å². The molecule has 2 amide bonds. The SMILES string of the molecule is O=C(O)CCNC(=O)c1ccc(C(=O)NCCC(=O)O)cc1. The quantitative estimate of drug-likeness (QED) is 0.538. The van der Waals surface area contributed by atoms with E-state index in [-0.39, 0.29) is 25.9 Å². The standard InChI is InChI=1S/C14H16N2O6/c17-11(18)5-7-15-13(21)9-1-2-10(4-3-9)14(22)16-8-6-12(19)20/h1-4H,5-8H2,(H,15,21)(H,16,22)(H,17,18)(H,19,20). The van der Waals surface area contributed by atoms with Crippen molar-refractivity contribution in [1.29, 1.82) is 0 Å². The van der Waals surface area contributed by atoms with E-state index in [1.54, 1.807) is 0 Å². The molecule has 0 spiro atoms. The molecule has 0 saturated carbocycles. The van der Waals surface area contributed by atoms with Crippen LogP contribution in [0.2, 0.25) is 0 Å². The van der Waals surface area contributed by atoms with E-state index in [0.29, 0.717) is 11.1 Å². The highest BCUT2D eigenvalue weighted by molar-refractivity contribution is 5.97. The lowest BCUT2D eigenvalue weighted by atomic mass is 10.1. The molecule has 22 heavy (non-hydrogen) atoms. The molecule has 4 N–H and O–H groups in total. The van der Waals surface area contributed by atoms with E-state index in [0.717, 1.165) is 0 Å². The van der Waals surface area contributed by atoms with Crippen LogP contribution in [-0.2, 0) is 9.59 Å². The Bertz CT molecular complexity index is 516. The molecule has 0 fully saturated rings. The second-order valence-corrected chi connectivity index (χ2v) is 4.38. The Morgan fingerprint density at radius 3 is 1.32 bits per heavy atom. The lowest BCUT2D eigenvalue weighted by Crippen LogP contribution is -2.27. The van der Waals surface area contributed by atoms with Crippen LogP contribution in [0.25, 0.3) is 0 Å². The highest BCUT2D eigenvalue weighted by atomic mass is 16.4. The van der Waals surface area contributed by atoms with Gasteiger partial charge in [0.1, 0.15) is 0 Å². The number of carboxylic acids is 2. The van der Waals surface area contributed by atoms with E-state index in [1.165, 1.54) is 24.3 Å². The Kier molecular flexibility index (Phi) is 6.55. The van der Waals surface area contributed by atoms with Gasteiger partial charge in [-0.25, -0.2) is 0 Å². The van der Waals surface area contributed by atoms with Crippen molar-refractivity contribution in [3.8, 4) is 0 Å². The van der Waals surface area contributed by atoms with E-state index in [2.05, 4.69) is 10.6 Å². The normalized spacial score (nSPS) is 9.82. The van der Waals surface area contributed by atoms with E-state index >= 15 is 0 Å². The zero-order valence-corrected chi connectivity index (χ0v) is 11.7. The number of carbonyl (C=O) groups is 4. The van der Waals surface area contributed by atoms with Crippen LogP contribution in [-0.4, -0.2) is 47.1 Å². The largest absolute Gasteiger partial charge is 0.481 e. The minimum Gasteiger partial charge on any atom is -0.481 e. The molecule has 0 radical (unpaired) electrons. The van der Waals surface area contributed by atoms with Gasteiger partial charge in [0.2, 0.25) is 0 Å². The Hall–Kier alpha value is -2.90. The summed E-state index contributed by atoms with van der Waals surface area (Å²) in [6.45, 7) is 0.0389. The lowest BCUT2D eigenvalue weighted by molar-refractivity contribution is -0.137. The molecule has 0 bridgehead atoms. The molecule has 0 aliphatic rings. The Morgan fingerprint density at radius 2 is 1.05 bits per heavy atom. The molecule has 0 atom stereocenters. The number of carbonyl (C=O) groups excluding carboxylic acids is 2. The molecule has 0 aliphatic heterocycles. The van der Waals surface area contributed by atoms with Crippen molar-refractivity contribution in [3.05, 3.63) is 35.4 Å². The minimum absolute atomic E-state index is 0.0194. The molecule has 8 nitrogen and oxygen atoms in total. The fourth-order valence-electron chi connectivity index (χ4n) is 1.54. The number of hydrogen-bond acceptors (Lipinski definition) is 4. The number of aliphatic carboxylic acids is 2. The lowest BCUT2D eigenvalue weighted by Gasteiger charge is -2.06. The second-order valence-electron chi connectivity index (χ2n) is 4.38. The summed E-state index contributed by atoms with van der Waals surface area (Å²) in [5.41, 5.74) is 0.597. The first-order valence-corrected chi connectivity index (χ1v) is 6.50.